The van der Waals surface area contributed by atoms with E-state index in [0.717, 1.165) is 11.5 Å². The van der Waals surface area contributed by atoms with Gasteiger partial charge in [0.05, 0.1) is 11.6 Å². The molecule has 0 bridgehead atoms. The topological polar surface area (TPSA) is 28.7 Å². The molecule has 2 aromatic rings. The molecule has 0 aliphatic heterocycles. The van der Waals surface area contributed by atoms with E-state index in [1.54, 1.807) is 0 Å². The van der Waals surface area contributed by atoms with E-state index in [2.05, 4.69) is 33.9 Å². The quantitative estimate of drug-likeness (QED) is 0.759. The molecule has 1 aromatic carbocycles. The van der Waals surface area contributed by atoms with E-state index in [1.165, 1.54) is 5.56 Å². The first-order valence-electron chi connectivity index (χ1n) is 5.30. The van der Waals surface area contributed by atoms with Crippen molar-refractivity contribution in [2.75, 3.05) is 0 Å². The minimum atomic E-state index is 0.0902. The van der Waals surface area contributed by atoms with Crippen molar-refractivity contribution >= 4 is 0 Å². The van der Waals surface area contributed by atoms with E-state index in [-0.39, 0.29) is 5.92 Å². The van der Waals surface area contributed by atoms with Crippen LogP contribution in [-0.4, -0.2) is 9.97 Å². The molecule has 0 aliphatic rings. The third kappa shape index (κ3) is 2.14. The van der Waals surface area contributed by atoms with Crippen LogP contribution in [0.4, 0.5) is 0 Å². The largest absolute Gasteiger partial charge is 0.345 e. The van der Waals surface area contributed by atoms with Crippen molar-refractivity contribution in [3.05, 3.63) is 53.6 Å². The lowest BCUT2D eigenvalue weighted by atomic mass is 9.97. The lowest BCUT2D eigenvalue weighted by Gasteiger charge is -2.08. The van der Waals surface area contributed by atoms with Crippen LogP contribution in [0.15, 0.2) is 36.5 Å². The summed E-state index contributed by atoms with van der Waals surface area (Å²) >= 11 is 0. The van der Waals surface area contributed by atoms with E-state index in [0.29, 0.717) is 0 Å². The molecule has 1 N–H and O–H groups in total. The fourth-order valence-electron chi connectivity index (χ4n) is 1.72. The van der Waals surface area contributed by atoms with Crippen LogP contribution in [0.2, 0.25) is 0 Å². The van der Waals surface area contributed by atoms with Crippen molar-refractivity contribution in [2.24, 2.45) is 0 Å². The van der Waals surface area contributed by atoms with Gasteiger partial charge in [-0.3, -0.25) is 0 Å². The lowest BCUT2D eigenvalue weighted by molar-refractivity contribution is 0.989. The molecule has 1 heterocycles. The fraction of sp³-hybridized carbons (Fsp3) is 0.214. The summed E-state index contributed by atoms with van der Waals surface area (Å²) in [5, 5.41) is 0. The summed E-state index contributed by atoms with van der Waals surface area (Å²) in [5.41, 5.74) is 2.25. The second-order valence-corrected chi connectivity index (χ2v) is 3.66. The van der Waals surface area contributed by atoms with Crippen LogP contribution in [0.5, 0.6) is 0 Å². The number of H-pyrrole nitrogens is 1. The Morgan fingerprint density at radius 2 is 2.00 bits per heavy atom. The molecule has 0 fully saturated rings. The van der Waals surface area contributed by atoms with Crippen LogP contribution in [0.3, 0.4) is 0 Å². The van der Waals surface area contributed by atoms with Crippen LogP contribution in [-0.2, 0) is 0 Å². The third-order valence-electron chi connectivity index (χ3n) is 2.46. The molecule has 1 unspecified atom stereocenters. The summed E-state index contributed by atoms with van der Waals surface area (Å²) in [6, 6.07) is 10.3. The number of hydrogen-bond donors (Lipinski definition) is 1. The Morgan fingerprint density at radius 3 is 2.56 bits per heavy atom. The zero-order chi connectivity index (χ0) is 11.4. The highest BCUT2D eigenvalue weighted by Gasteiger charge is 2.12. The zero-order valence-corrected chi connectivity index (χ0v) is 9.49. The second-order valence-electron chi connectivity index (χ2n) is 3.66. The number of imidazole rings is 1. The molecule has 0 spiro atoms. The predicted molar refractivity (Wildman–Crippen MR) is 65.1 cm³/mol. The molecule has 0 saturated carbocycles. The van der Waals surface area contributed by atoms with Crippen LogP contribution in [0, 0.1) is 18.8 Å². The van der Waals surface area contributed by atoms with Crippen LogP contribution >= 0.6 is 0 Å². The number of rotatable bonds is 2. The first-order valence-corrected chi connectivity index (χ1v) is 5.30. The van der Waals surface area contributed by atoms with Gasteiger partial charge in [0.15, 0.2) is 0 Å². The van der Waals surface area contributed by atoms with E-state index in [4.69, 9.17) is 0 Å². The molecule has 2 nitrogen and oxygen atoms in total. The van der Waals surface area contributed by atoms with Crippen molar-refractivity contribution in [3.8, 4) is 11.8 Å². The van der Waals surface area contributed by atoms with Gasteiger partial charge in [0, 0.05) is 6.20 Å². The Hall–Kier alpha value is -2.01. The summed E-state index contributed by atoms with van der Waals surface area (Å²) in [4.78, 5) is 7.47. The minimum Gasteiger partial charge on any atom is -0.345 e. The summed E-state index contributed by atoms with van der Waals surface area (Å²) in [7, 11) is 0. The molecule has 80 valence electrons. The average molecular weight is 210 g/mol. The maximum atomic E-state index is 4.22. The summed E-state index contributed by atoms with van der Waals surface area (Å²) in [5.74, 6) is 7.20. The number of nitrogens with zero attached hydrogens (tertiary/aromatic N) is 1. The summed E-state index contributed by atoms with van der Waals surface area (Å²) in [6.45, 7) is 3.81. The normalized spacial score (nSPS) is 11.6. The number of hydrogen-bond acceptors (Lipinski definition) is 1. The number of nitrogens with one attached hydrogen (secondary N) is 1. The van der Waals surface area contributed by atoms with E-state index >= 15 is 0 Å². The van der Waals surface area contributed by atoms with Gasteiger partial charge in [0.1, 0.15) is 5.82 Å². The van der Waals surface area contributed by atoms with E-state index in [1.807, 2.05) is 38.2 Å². The van der Waals surface area contributed by atoms with Crippen LogP contribution in [0.1, 0.15) is 29.9 Å². The smallest absolute Gasteiger partial charge is 0.103 e. The second kappa shape index (κ2) is 4.67. The lowest BCUT2D eigenvalue weighted by Crippen LogP contribution is -1.98. The number of benzene rings is 1. The molecule has 1 atom stereocenters. The predicted octanol–water partition coefficient (Wildman–Crippen LogP) is 2.87. The van der Waals surface area contributed by atoms with Crippen molar-refractivity contribution in [1.29, 1.82) is 0 Å². The summed E-state index contributed by atoms with van der Waals surface area (Å²) in [6.07, 6.45) is 1.86. The highest BCUT2D eigenvalue weighted by atomic mass is 14.9. The molecule has 0 saturated heterocycles. The van der Waals surface area contributed by atoms with E-state index in [9.17, 15) is 0 Å². The van der Waals surface area contributed by atoms with E-state index < -0.39 is 0 Å². The Labute approximate surface area is 95.7 Å². The zero-order valence-electron chi connectivity index (χ0n) is 9.49. The van der Waals surface area contributed by atoms with Crippen LogP contribution < -0.4 is 0 Å². The van der Waals surface area contributed by atoms with Gasteiger partial charge in [-0.25, -0.2) is 4.98 Å². The molecule has 1 aromatic heterocycles. The van der Waals surface area contributed by atoms with Gasteiger partial charge in [-0.1, -0.05) is 36.3 Å². The van der Waals surface area contributed by atoms with Crippen molar-refractivity contribution in [1.82, 2.24) is 9.97 Å². The molecule has 16 heavy (non-hydrogen) atoms. The number of aryl methyl sites for hydroxylation is 1. The van der Waals surface area contributed by atoms with Gasteiger partial charge in [0.25, 0.3) is 0 Å². The first kappa shape index (κ1) is 10.5. The van der Waals surface area contributed by atoms with Gasteiger partial charge < -0.3 is 4.98 Å². The molecule has 2 heteroatoms. The molecule has 0 radical (unpaired) electrons. The number of aromatic nitrogens is 2. The summed E-state index contributed by atoms with van der Waals surface area (Å²) < 4.78 is 0. The maximum absolute atomic E-state index is 4.22. The van der Waals surface area contributed by atoms with Gasteiger partial charge in [-0.15, -0.1) is 5.92 Å². The monoisotopic (exact) mass is 210 g/mol. The van der Waals surface area contributed by atoms with Crippen molar-refractivity contribution in [3.63, 3.8) is 0 Å². The SMILES string of the molecule is CC#CC(c1ccccc1)c1cnc(C)[nH]1. The Bertz CT molecular complexity index is 514. The van der Waals surface area contributed by atoms with Crippen LogP contribution in [0.25, 0.3) is 0 Å². The Kier molecular flexibility index (Phi) is 3.07. The molecule has 2 rings (SSSR count). The minimum absolute atomic E-state index is 0.0902. The molecular formula is C14H14N2. The van der Waals surface area contributed by atoms with Crippen molar-refractivity contribution < 1.29 is 0 Å². The Balaban J connectivity index is 2.41. The van der Waals surface area contributed by atoms with Crippen molar-refractivity contribution in [2.45, 2.75) is 19.8 Å². The third-order valence-corrected chi connectivity index (χ3v) is 2.46. The highest BCUT2D eigenvalue weighted by molar-refractivity contribution is 5.36. The number of aromatic amines is 1. The average Bonchev–Trinajstić information content (AvgIpc) is 2.74. The fourth-order valence-corrected chi connectivity index (χ4v) is 1.72. The molecule has 0 amide bonds. The molecule has 0 aliphatic carbocycles. The van der Waals surface area contributed by atoms with Gasteiger partial charge in [-0.05, 0) is 19.4 Å². The standard InChI is InChI=1S/C14H14N2/c1-3-7-13(12-8-5-4-6-9-12)14-10-15-11(2)16-14/h4-6,8-10,13H,1-2H3,(H,15,16). The maximum Gasteiger partial charge on any atom is 0.103 e. The van der Waals surface area contributed by atoms with Gasteiger partial charge in [0.2, 0.25) is 0 Å². The van der Waals surface area contributed by atoms with Gasteiger partial charge >= 0.3 is 0 Å². The van der Waals surface area contributed by atoms with Gasteiger partial charge in [-0.2, -0.15) is 0 Å². The first-order chi connectivity index (χ1) is 7.81. The highest BCUT2D eigenvalue weighted by Crippen LogP contribution is 2.22. The Morgan fingerprint density at radius 1 is 1.25 bits per heavy atom. The molecular weight excluding hydrogens is 196 g/mol.